The Bertz CT molecular complexity index is 726. The van der Waals surface area contributed by atoms with Gasteiger partial charge in [-0.3, -0.25) is 15.0 Å². The van der Waals surface area contributed by atoms with Crippen molar-refractivity contribution < 1.29 is 14.4 Å². The summed E-state index contributed by atoms with van der Waals surface area (Å²) in [5.41, 5.74) is 5.13. The van der Waals surface area contributed by atoms with Crippen molar-refractivity contribution in [1.29, 1.82) is 0 Å². The molecule has 0 aromatic heterocycles. The summed E-state index contributed by atoms with van der Waals surface area (Å²) in [7, 11) is 0. The second-order valence-electron chi connectivity index (χ2n) is 6.67. The highest BCUT2D eigenvalue weighted by Crippen LogP contribution is 2.33. The van der Waals surface area contributed by atoms with Crippen molar-refractivity contribution in [3.63, 3.8) is 0 Å². The predicted molar refractivity (Wildman–Crippen MR) is 101 cm³/mol. The van der Waals surface area contributed by atoms with Crippen molar-refractivity contribution in [2.75, 3.05) is 18.4 Å². The van der Waals surface area contributed by atoms with Crippen LogP contribution in [0.5, 0.6) is 0 Å². The third-order valence-corrected chi connectivity index (χ3v) is 5.30. The summed E-state index contributed by atoms with van der Waals surface area (Å²) in [6, 6.07) is 4.47. The van der Waals surface area contributed by atoms with Gasteiger partial charge in [0.05, 0.1) is 10.7 Å². The lowest BCUT2D eigenvalue weighted by atomic mass is 10.1. The van der Waals surface area contributed by atoms with Gasteiger partial charge >= 0.3 is 6.03 Å². The van der Waals surface area contributed by atoms with Crippen molar-refractivity contribution in [1.82, 2.24) is 15.8 Å². The molecule has 9 heteroatoms. The molecule has 26 heavy (non-hydrogen) atoms. The van der Waals surface area contributed by atoms with Crippen molar-refractivity contribution in [3.05, 3.63) is 27.7 Å². The molecule has 3 N–H and O–H groups in total. The molecule has 0 spiro atoms. The van der Waals surface area contributed by atoms with E-state index in [1.165, 1.54) is 0 Å². The van der Waals surface area contributed by atoms with Gasteiger partial charge in [-0.2, -0.15) is 0 Å². The summed E-state index contributed by atoms with van der Waals surface area (Å²) < 4.78 is 0.799. The maximum atomic E-state index is 12.0. The van der Waals surface area contributed by atoms with Crippen molar-refractivity contribution in [3.8, 4) is 0 Å². The normalized spacial score (nSPS) is 19.2. The molecule has 2 aliphatic rings. The molecule has 3 rings (SSSR count). The number of urea groups is 1. The quantitative estimate of drug-likeness (QED) is 0.625. The molecule has 0 radical (unpaired) electrons. The molecule has 0 bridgehead atoms. The fourth-order valence-corrected chi connectivity index (χ4v) is 3.69. The number of nitrogens with one attached hydrogen (secondary N) is 3. The van der Waals surface area contributed by atoms with E-state index in [1.807, 2.05) is 4.90 Å². The number of carbonyl (C=O) groups excluding carboxylic acids is 3. The molecule has 1 aromatic rings. The molecule has 1 heterocycles. The van der Waals surface area contributed by atoms with Gasteiger partial charge in [0.15, 0.2) is 0 Å². The van der Waals surface area contributed by atoms with Gasteiger partial charge in [0.2, 0.25) is 11.8 Å². The van der Waals surface area contributed by atoms with Crippen LogP contribution in [0.2, 0.25) is 5.02 Å². The Morgan fingerprint density at radius 2 is 1.96 bits per heavy atom. The monoisotopic (exact) mass is 442 g/mol. The van der Waals surface area contributed by atoms with Crippen LogP contribution >= 0.6 is 27.5 Å². The number of likely N-dealkylation sites (tertiary alicyclic amines) is 1. The number of amides is 4. The Hall–Kier alpha value is -1.80. The first-order valence-electron chi connectivity index (χ1n) is 8.52. The number of nitrogens with zero attached hydrogens (tertiary/aromatic N) is 1. The van der Waals surface area contributed by atoms with Crippen LogP contribution in [0.1, 0.15) is 25.7 Å². The van der Waals surface area contributed by atoms with Gasteiger partial charge in [-0.05, 0) is 43.4 Å². The van der Waals surface area contributed by atoms with E-state index in [9.17, 15) is 14.4 Å². The van der Waals surface area contributed by atoms with Crippen LogP contribution < -0.4 is 16.2 Å². The maximum absolute atomic E-state index is 12.0. The molecule has 2 fully saturated rings. The van der Waals surface area contributed by atoms with Gasteiger partial charge in [0, 0.05) is 29.9 Å². The lowest BCUT2D eigenvalue weighted by molar-refractivity contribution is -0.132. The van der Waals surface area contributed by atoms with E-state index in [0.717, 1.165) is 23.7 Å². The van der Waals surface area contributed by atoms with E-state index in [4.69, 9.17) is 11.6 Å². The molecule has 7 nitrogen and oxygen atoms in total. The molecule has 1 aliphatic heterocycles. The number of benzene rings is 1. The third kappa shape index (κ3) is 5.11. The van der Waals surface area contributed by atoms with E-state index >= 15 is 0 Å². The van der Waals surface area contributed by atoms with Gasteiger partial charge in [-0.15, -0.1) is 0 Å². The number of carbonyl (C=O) groups is 3. The average Bonchev–Trinajstić information content (AvgIpc) is 3.34. The van der Waals surface area contributed by atoms with Crippen LogP contribution in [-0.4, -0.2) is 35.8 Å². The van der Waals surface area contributed by atoms with Crippen LogP contribution in [0.15, 0.2) is 22.7 Å². The number of hydrogen-bond acceptors (Lipinski definition) is 3. The molecule has 4 amide bonds. The zero-order valence-corrected chi connectivity index (χ0v) is 16.4. The van der Waals surface area contributed by atoms with E-state index in [1.54, 1.807) is 18.2 Å². The lowest BCUT2D eigenvalue weighted by Gasteiger charge is -2.16. The van der Waals surface area contributed by atoms with Gasteiger partial charge in [0.1, 0.15) is 0 Å². The molecular weight excluding hydrogens is 424 g/mol. The second-order valence-corrected chi connectivity index (χ2v) is 7.99. The molecule has 1 saturated heterocycles. The van der Waals surface area contributed by atoms with Crippen LogP contribution in [-0.2, 0) is 9.59 Å². The van der Waals surface area contributed by atoms with E-state index < -0.39 is 6.03 Å². The number of rotatable bonds is 4. The highest BCUT2D eigenvalue weighted by Gasteiger charge is 2.36. The summed E-state index contributed by atoms with van der Waals surface area (Å²) in [5.74, 6) is 0.270. The predicted octanol–water partition coefficient (Wildman–Crippen LogP) is 2.90. The van der Waals surface area contributed by atoms with Crippen LogP contribution in [0.25, 0.3) is 0 Å². The molecule has 1 atom stereocenters. The Morgan fingerprint density at radius 1 is 1.19 bits per heavy atom. The Morgan fingerprint density at radius 3 is 2.65 bits per heavy atom. The van der Waals surface area contributed by atoms with Gasteiger partial charge in [0.25, 0.3) is 0 Å². The minimum atomic E-state index is -0.584. The molecule has 140 valence electrons. The zero-order valence-electron chi connectivity index (χ0n) is 14.1. The average molecular weight is 444 g/mol. The van der Waals surface area contributed by atoms with Crippen molar-refractivity contribution in [2.24, 2.45) is 11.8 Å². The van der Waals surface area contributed by atoms with Crippen molar-refractivity contribution in [2.45, 2.75) is 25.7 Å². The van der Waals surface area contributed by atoms with E-state index in [-0.39, 0.29) is 30.1 Å². The summed E-state index contributed by atoms with van der Waals surface area (Å²) in [6.07, 6.45) is 3.06. The summed E-state index contributed by atoms with van der Waals surface area (Å²) in [6.45, 7) is 1.33. The zero-order chi connectivity index (χ0) is 18.7. The largest absolute Gasteiger partial charge is 0.342 e. The minimum Gasteiger partial charge on any atom is -0.342 e. The van der Waals surface area contributed by atoms with Gasteiger partial charge in [-0.1, -0.05) is 27.5 Å². The number of hydrogen-bond donors (Lipinski definition) is 3. The SMILES string of the molecule is O=C(CC1CCN(C(=O)C2CC2)C1)NNC(=O)Nc1ccc(Br)cc1Cl. The summed E-state index contributed by atoms with van der Waals surface area (Å²) >= 11 is 9.31. The number of hydrazine groups is 1. The first-order chi connectivity index (χ1) is 12.4. The molecular formula is C17H20BrClN4O3. The highest BCUT2D eigenvalue weighted by molar-refractivity contribution is 9.10. The molecule has 1 saturated carbocycles. The molecule has 1 unspecified atom stereocenters. The third-order valence-electron chi connectivity index (χ3n) is 4.49. The van der Waals surface area contributed by atoms with Crippen LogP contribution in [0, 0.1) is 11.8 Å². The van der Waals surface area contributed by atoms with Crippen LogP contribution in [0.4, 0.5) is 10.5 Å². The Labute approximate surface area is 164 Å². The summed E-state index contributed by atoms with van der Waals surface area (Å²) in [4.78, 5) is 37.7. The van der Waals surface area contributed by atoms with E-state index in [2.05, 4.69) is 32.1 Å². The molecule has 1 aliphatic carbocycles. The first kappa shape index (κ1) is 19.0. The standard InChI is InChI=1S/C17H20BrClN4O3/c18-12-3-4-14(13(19)8-12)20-17(26)22-21-15(24)7-10-5-6-23(9-10)16(25)11-1-2-11/h3-4,8,10-11H,1-2,5-7,9H2,(H,21,24)(H2,20,22,26). The fourth-order valence-electron chi connectivity index (χ4n) is 2.97. The fraction of sp³-hybridized carbons (Fsp3) is 0.471. The van der Waals surface area contributed by atoms with Crippen LogP contribution in [0.3, 0.4) is 0 Å². The second kappa shape index (κ2) is 8.26. The first-order valence-corrected chi connectivity index (χ1v) is 9.69. The Balaban J connectivity index is 1.38. The molecule has 1 aromatic carbocycles. The summed E-state index contributed by atoms with van der Waals surface area (Å²) in [5, 5.41) is 2.94. The number of halogens is 2. The maximum Gasteiger partial charge on any atom is 0.337 e. The highest BCUT2D eigenvalue weighted by atomic mass is 79.9. The number of anilines is 1. The van der Waals surface area contributed by atoms with E-state index in [0.29, 0.717) is 23.8 Å². The topological polar surface area (TPSA) is 90.5 Å². The van der Waals surface area contributed by atoms with Gasteiger partial charge < -0.3 is 10.2 Å². The smallest absolute Gasteiger partial charge is 0.337 e. The van der Waals surface area contributed by atoms with Gasteiger partial charge in [-0.25, -0.2) is 10.2 Å². The van der Waals surface area contributed by atoms with Crippen molar-refractivity contribution >= 4 is 51.1 Å². The minimum absolute atomic E-state index is 0.128. The Kier molecular flexibility index (Phi) is 6.03. The lowest BCUT2D eigenvalue weighted by Crippen LogP contribution is -2.44.